The summed E-state index contributed by atoms with van der Waals surface area (Å²) in [5, 5.41) is 5.07. The highest BCUT2D eigenvalue weighted by molar-refractivity contribution is 7.81. The van der Waals surface area contributed by atoms with Crippen LogP contribution in [0.2, 0.25) is 0 Å². The van der Waals surface area contributed by atoms with Crippen molar-refractivity contribution in [2.24, 2.45) is 0 Å². The molecule has 0 saturated heterocycles. The molecular weight excluding hydrogens is 389 g/mol. The number of halogens is 1. The lowest BCUT2D eigenvalue weighted by atomic mass is 10.1. The number of carbonyl (C=O) groups is 1. The number of anilines is 2. The van der Waals surface area contributed by atoms with E-state index in [0.29, 0.717) is 11.3 Å². The largest absolute Gasteiger partial charge is 0.383 e. The zero-order chi connectivity index (χ0) is 20.9. The summed E-state index contributed by atoms with van der Waals surface area (Å²) in [5.41, 5.74) is 11.1. The van der Waals surface area contributed by atoms with E-state index in [-0.39, 0.29) is 22.9 Å². The van der Waals surface area contributed by atoms with Gasteiger partial charge in [-0.25, -0.2) is 9.07 Å². The number of nitrogens with two attached hydrogens (primary N) is 1. The third-order valence-electron chi connectivity index (χ3n) is 4.99. The number of nitrogen functional groups attached to an aromatic ring is 1. The molecule has 148 valence electrons. The first-order valence-corrected chi connectivity index (χ1v) is 9.43. The summed E-state index contributed by atoms with van der Waals surface area (Å²) in [7, 11) is 0. The van der Waals surface area contributed by atoms with Gasteiger partial charge in [-0.3, -0.25) is 4.79 Å². The Morgan fingerprint density at radius 3 is 2.62 bits per heavy atom. The fraction of sp³-hybridized carbons (Fsp3) is 0.143. The number of benzene rings is 2. The van der Waals surface area contributed by atoms with Gasteiger partial charge in [-0.1, -0.05) is 18.9 Å². The van der Waals surface area contributed by atoms with E-state index in [4.69, 9.17) is 5.73 Å². The van der Waals surface area contributed by atoms with Crippen molar-refractivity contribution in [3.63, 3.8) is 0 Å². The van der Waals surface area contributed by atoms with E-state index >= 15 is 0 Å². The minimum Gasteiger partial charge on any atom is -0.383 e. The van der Waals surface area contributed by atoms with E-state index in [2.05, 4.69) is 27.6 Å². The smallest absolute Gasteiger partial charge is 0.214 e. The predicted octanol–water partition coefficient (Wildman–Crippen LogP) is 4.49. The molecule has 0 fully saturated rings. The highest BCUT2D eigenvalue weighted by Crippen LogP contribution is 2.28. The molecule has 0 aliphatic carbocycles. The number of H-pyrrole nitrogens is 1. The average Bonchev–Trinajstić information content (AvgIpc) is 3.23. The summed E-state index contributed by atoms with van der Waals surface area (Å²) >= 11 is 4.09. The maximum atomic E-state index is 14.5. The van der Waals surface area contributed by atoms with Crippen molar-refractivity contribution < 1.29 is 9.18 Å². The van der Waals surface area contributed by atoms with Crippen molar-refractivity contribution in [2.75, 3.05) is 10.5 Å². The molecule has 0 spiro atoms. The second kappa shape index (κ2) is 6.97. The second-order valence-electron chi connectivity index (χ2n) is 7.15. The number of ketones is 1. The van der Waals surface area contributed by atoms with E-state index in [1.165, 1.54) is 16.9 Å². The van der Waals surface area contributed by atoms with Gasteiger partial charge in [0.25, 0.3) is 0 Å². The summed E-state index contributed by atoms with van der Waals surface area (Å²) in [6.45, 7) is 5.54. The van der Waals surface area contributed by atoms with Gasteiger partial charge in [0.05, 0.1) is 17.5 Å². The summed E-state index contributed by atoms with van der Waals surface area (Å²) in [6.07, 6.45) is 1.37. The lowest BCUT2D eigenvalue weighted by Crippen LogP contribution is -2.10. The summed E-state index contributed by atoms with van der Waals surface area (Å²) in [5.74, 6) is -0.661. The molecule has 4 rings (SSSR count). The Balaban J connectivity index is 1.77. The summed E-state index contributed by atoms with van der Waals surface area (Å²) < 4.78 is 18.6. The first-order valence-electron chi connectivity index (χ1n) is 8.99. The maximum Gasteiger partial charge on any atom is 0.214 e. The number of fused-ring (bicyclic) bond motifs is 1. The summed E-state index contributed by atoms with van der Waals surface area (Å²) in [6, 6.07) is 8.86. The van der Waals surface area contributed by atoms with Crippen molar-refractivity contribution in [1.82, 2.24) is 14.8 Å². The van der Waals surface area contributed by atoms with E-state index in [1.807, 2.05) is 32.0 Å². The van der Waals surface area contributed by atoms with Crippen LogP contribution in [0.4, 0.5) is 15.9 Å². The Hall–Kier alpha value is -3.26. The molecule has 0 saturated carbocycles. The predicted molar refractivity (Wildman–Crippen MR) is 116 cm³/mol. The molecule has 8 heteroatoms. The van der Waals surface area contributed by atoms with Gasteiger partial charge in [-0.05, 0) is 61.7 Å². The molecule has 6 nitrogen and oxygen atoms in total. The van der Waals surface area contributed by atoms with Gasteiger partial charge in [0, 0.05) is 16.6 Å². The molecule has 0 radical (unpaired) electrons. The van der Waals surface area contributed by atoms with Crippen molar-refractivity contribution in [3.8, 4) is 5.69 Å². The molecule has 0 atom stereocenters. The standard InChI is InChI=1S/C21H20FN5OS/c1-10-4-12(3)19(15(22)5-10)27-21(23)14(9-24-27)20(28)18-7-13-6-11(2)16(26-29)8-17(13)25-18/h4-9,25-26,29H,23H2,1-3H3. The molecule has 0 aliphatic heterocycles. The van der Waals surface area contributed by atoms with Gasteiger partial charge >= 0.3 is 0 Å². The van der Waals surface area contributed by atoms with E-state index in [0.717, 1.165) is 27.7 Å². The Bertz CT molecular complexity index is 1250. The van der Waals surface area contributed by atoms with Gasteiger partial charge < -0.3 is 15.4 Å². The van der Waals surface area contributed by atoms with Crippen molar-refractivity contribution in [1.29, 1.82) is 0 Å². The number of aromatic amines is 1. The van der Waals surface area contributed by atoms with Gasteiger partial charge in [0.1, 0.15) is 17.3 Å². The molecule has 0 amide bonds. The lowest BCUT2D eigenvalue weighted by Gasteiger charge is -2.10. The SMILES string of the molecule is Cc1cc(C)c(-n2ncc(C(=O)c3cc4cc(C)c(NS)cc4[nH]3)c2N)c(F)c1. The third-order valence-corrected chi connectivity index (χ3v) is 5.23. The van der Waals surface area contributed by atoms with Crippen LogP contribution < -0.4 is 10.5 Å². The second-order valence-corrected chi connectivity index (χ2v) is 7.37. The summed E-state index contributed by atoms with van der Waals surface area (Å²) in [4.78, 5) is 16.2. The monoisotopic (exact) mass is 409 g/mol. The van der Waals surface area contributed by atoms with Crippen LogP contribution in [0.15, 0.2) is 36.5 Å². The Kier molecular flexibility index (Phi) is 4.58. The number of hydrogen-bond donors (Lipinski definition) is 4. The fourth-order valence-electron chi connectivity index (χ4n) is 3.57. The van der Waals surface area contributed by atoms with Crippen LogP contribution in [0, 0.1) is 26.6 Å². The molecule has 4 aromatic rings. The van der Waals surface area contributed by atoms with Crippen LogP contribution in [0.1, 0.15) is 32.7 Å². The minimum atomic E-state index is -0.441. The quantitative estimate of drug-likeness (QED) is 0.295. The molecule has 0 aliphatic rings. The lowest BCUT2D eigenvalue weighted by molar-refractivity contribution is 0.103. The van der Waals surface area contributed by atoms with Crippen molar-refractivity contribution >= 4 is 41.0 Å². The maximum absolute atomic E-state index is 14.5. The van der Waals surface area contributed by atoms with Crippen LogP contribution in [0.5, 0.6) is 0 Å². The fourth-order valence-corrected chi connectivity index (χ4v) is 3.81. The van der Waals surface area contributed by atoms with E-state index in [1.54, 1.807) is 13.0 Å². The Labute approximate surface area is 172 Å². The van der Waals surface area contributed by atoms with E-state index < -0.39 is 5.82 Å². The Morgan fingerprint density at radius 1 is 1.17 bits per heavy atom. The van der Waals surface area contributed by atoms with Crippen LogP contribution in [-0.2, 0) is 0 Å². The van der Waals surface area contributed by atoms with Crippen molar-refractivity contribution in [3.05, 3.63) is 70.3 Å². The molecule has 0 unspecified atom stereocenters. The number of aryl methyl sites for hydroxylation is 3. The molecule has 2 heterocycles. The van der Waals surface area contributed by atoms with Crippen molar-refractivity contribution in [2.45, 2.75) is 20.8 Å². The first-order chi connectivity index (χ1) is 13.8. The van der Waals surface area contributed by atoms with E-state index in [9.17, 15) is 9.18 Å². The molecule has 0 bridgehead atoms. The number of nitrogens with zero attached hydrogens (tertiary/aromatic N) is 2. The van der Waals surface area contributed by atoms with Gasteiger partial charge in [-0.15, -0.1) is 0 Å². The highest BCUT2D eigenvalue weighted by Gasteiger charge is 2.22. The molecule has 2 aromatic carbocycles. The highest BCUT2D eigenvalue weighted by atomic mass is 32.1. The molecule has 29 heavy (non-hydrogen) atoms. The van der Waals surface area contributed by atoms with Crippen LogP contribution in [0.25, 0.3) is 16.6 Å². The van der Waals surface area contributed by atoms with Gasteiger partial charge in [0.2, 0.25) is 5.78 Å². The molecular formula is C21H20FN5OS. The number of hydrogen-bond acceptors (Lipinski definition) is 5. The van der Waals surface area contributed by atoms with Gasteiger partial charge in [-0.2, -0.15) is 5.10 Å². The number of aromatic nitrogens is 3. The zero-order valence-electron chi connectivity index (χ0n) is 16.2. The molecule has 2 aromatic heterocycles. The number of carbonyl (C=O) groups excluding carboxylic acids is 1. The van der Waals surface area contributed by atoms with Crippen LogP contribution in [0.3, 0.4) is 0 Å². The number of rotatable bonds is 4. The first kappa shape index (κ1) is 19.1. The normalized spacial score (nSPS) is 11.2. The number of nitrogens with one attached hydrogen (secondary N) is 2. The van der Waals surface area contributed by atoms with Crippen LogP contribution >= 0.6 is 12.8 Å². The third kappa shape index (κ3) is 3.15. The van der Waals surface area contributed by atoms with Crippen LogP contribution in [-0.4, -0.2) is 20.5 Å². The minimum absolute atomic E-state index is 0.0911. The van der Waals surface area contributed by atoms with Gasteiger partial charge in [0.15, 0.2) is 0 Å². The topological polar surface area (TPSA) is 88.7 Å². The number of thiol groups is 1. The molecule has 4 N–H and O–H groups in total. The Morgan fingerprint density at radius 2 is 1.93 bits per heavy atom. The zero-order valence-corrected chi connectivity index (χ0v) is 17.1. The average molecular weight is 409 g/mol.